The lowest BCUT2D eigenvalue weighted by molar-refractivity contribution is -0.145. The third kappa shape index (κ3) is 2.93. The van der Waals surface area contributed by atoms with Crippen LogP contribution in [0.5, 0.6) is 0 Å². The van der Waals surface area contributed by atoms with Crippen LogP contribution in [0.3, 0.4) is 0 Å². The molecule has 0 spiro atoms. The number of rotatable bonds is 3. The lowest BCUT2D eigenvalue weighted by Crippen LogP contribution is -2.45. The van der Waals surface area contributed by atoms with E-state index in [9.17, 15) is 9.90 Å². The average molecular weight is 312 g/mol. The van der Waals surface area contributed by atoms with Crippen molar-refractivity contribution in [2.24, 2.45) is 5.92 Å². The third-order valence-electron chi connectivity index (χ3n) is 3.77. The largest absolute Gasteiger partial charge is 0.481 e. The number of carboxylic acids is 1. The summed E-state index contributed by atoms with van der Waals surface area (Å²) in [4.78, 5) is 13.5. The fraction of sp³-hybridized carbons (Fsp3) is 0.500. The smallest absolute Gasteiger partial charge is 0.308 e. The highest BCUT2D eigenvalue weighted by Crippen LogP contribution is 2.27. The van der Waals surface area contributed by atoms with E-state index in [1.54, 1.807) is 0 Å². The lowest BCUT2D eigenvalue weighted by Gasteiger charge is -2.37. The summed E-state index contributed by atoms with van der Waals surface area (Å²) in [6.45, 7) is 3.81. The van der Waals surface area contributed by atoms with Gasteiger partial charge in [-0.05, 0) is 37.9 Å². The molecule has 1 saturated heterocycles. The topological polar surface area (TPSA) is 40.5 Å². The van der Waals surface area contributed by atoms with Crippen molar-refractivity contribution in [3.05, 3.63) is 34.3 Å². The molecule has 1 N–H and O–H groups in total. The van der Waals surface area contributed by atoms with Crippen molar-refractivity contribution in [1.82, 2.24) is 4.90 Å². The molecule has 1 aromatic carbocycles. The Balaban J connectivity index is 2.09. The summed E-state index contributed by atoms with van der Waals surface area (Å²) in [6.07, 6.45) is 1.76. The fourth-order valence-electron chi connectivity index (χ4n) is 2.61. The minimum absolute atomic E-state index is 0.100. The van der Waals surface area contributed by atoms with Gasteiger partial charge in [-0.1, -0.05) is 34.1 Å². The van der Waals surface area contributed by atoms with Gasteiger partial charge in [0.05, 0.1) is 5.92 Å². The summed E-state index contributed by atoms with van der Waals surface area (Å²) >= 11 is 3.54. The van der Waals surface area contributed by atoms with Crippen molar-refractivity contribution < 1.29 is 9.90 Å². The average Bonchev–Trinajstić information content (AvgIpc) is 2.34. The lowest BCUT2D eigenvalue weighted by atomic mass is 9.90. The highest BCUT2D eigenvalue weighted by molar-refractivity contribution is 9.10. The second-order valence-corrected chi connectivity index (χ2v) is 5.74. The summed E-state index contributed by atoms with van der Waals surface area (Å²) < 4.78 is 1.09. The van der Waals surface area contributed by atoms with Gasteiger partial charge in [0, 0.05) is 17.1 Å². The molecule has 4 heteroatoms. The maximum absolute atomic E-state index is 11.2. The van der Waals surface area contributed by atoms with Gasteiger partial charge in [0.2, 0.25) is 0 Å². The van der Waals surface area contributed by atoms with Crippen molar-refractivity contribution in [2.45, 2.75) is 32.4 Å². The van der Waals surface area contributed by atoms with Crippen LogP contribution in [0.25, 0.3) is 0 Å². The van der Waals surface area contributed by atoms with E-state index in [0.717, 1.165) is 30.4 Å². The number of hydrogen-bond acceptors (Lipinski definition) is 2. The molecule has 2 rings (SSSR count). The molecule has 0 amide bonds. The van der Waals surface area contributed by atoms with E-state index in [1.165, 1.54) is 5.56 Å². The van der Waals surface area contributed by atoms with E-state index < -0.39 is 5.97 Å². The maximum atomic E-state index is 11.2. The van der Waals surface area contributed by atoms with E-state index in [1.807, 2.05) is 25.1 Å². The molecule has 1 aliphatic heterocycles. The summed E-state index contributed by atoms with van der Waals surface area (Å²) in [5.74, 6) is -0.902. The number of hydrogen-bond donors (Lipinski definition) is 1. The maximum Gasteiger partial charge on any atom is 0.308 e. The van der Waals surface area contributed by atoms with Gasteiger partial charge in [0.25, 0.3) is 0 Å². The second kappa shape index (κ2) is 5.85. The Kier molecular flexibility index (Phi) is 4.40. The Morgan fingerprint density at radius 1 is 1.50 bits per heavy atom. The van der Waals surface area contributed by atoms with E-state index in [-0.39, 0.29) is 12.0 Å². The molecule has 0 saturated carbocycles. The zero-order valence-electron chi connectivity index (χ0n) is 10.5. The Hall–Kier alpha value is -0.870. The number of carbonyl (C=O) groups is 1. The van der Waals surface area contributed by atoms with Crippen LogP contribution < -0.4 is 0 Å². The van der Waals surface area contributed by atoms with Gasteiger partial charge in [0.1, 0.15) is 0 Å². The molecular formula is C14H18BrNO2. The highest BCUT2D eigenvalue weighted by Gasteiger charge is 2.32. The number of halogens is 1. The molecule has 18 heavy (non-hydrogen) atoms. The molecule has 0 bridgehead atoms. The summed E-state index contributed by atoms with van der Waals surface area (Å²) in [6, 6.07) is 8.22. The molecule has 1 heterocycles. The van der Waals surface area contributed by atoms with Crippen LogP contribution in [0, 0.1) is 5.92 Å². The first-order valence-corrected chi connectivity index (χ1v) is 7.09. The normalized spacial score (nSPS) is 25.0. The van der Waals surface area contributed by atoms with Crippen LogP contribution in [-0.2, 0) is 11.3 Å². The standard InChI is InChI=1S/C14H18BrNO2/c1-10-12(14(17)18)6-4-8-16(10)9-11-5-2-3-7-13(11)15/h2-3,5,7,10,12H,4,6,8-9H2,1H3,(H,17,18)/t10-,12-/m1/s1. The van der Waals surface area contributed by atoms with Crippen LogP contribution >= 0.6 is 15.9 Å². The Bertz CT molecular complexity index is 436. The molecule has 1 aliphatic rings. The van der Waals surface area contributed by atoms with Gasteiger partial charge < -0.3 is 5.11 Å². The monoisotopic (exact) mass is 311 g/mol. The number of piperidine rings is 1. The van der Waals surface area contributed by atoms with Crippen molar-refractivity contribution in [1.29, 1.82) is 0 Å². The molecule has 1 fully saturated rings. The zero-order valence-corrected chi connectivity index (χ0v) is 12.1. The molecule has 0 aromatic heterocycles. The van der Waals surface area contributed by atoms with Gasteiger partial charge in [-0.25, -0.2) is 0 Å². The summed E-state index contributed by atoms with van der Waals surface area (Å²) in [5, 5.41) is 9.21. The number of carboxylic acid groups (broad SMARTS) is 1. The zero-order chi connectivity index (χ0) is 13.1. The van der Waals surface area contributed by atoms with Crippen LogP contribution in [0.15, 0.2) is 28.7 Å². The molecule has 3 nitrogen and oxygen atoms in total. The number of likely N-dealkylation sites (tertiary alicyclic amines) is 1. The second-order valence-electron chi connectivity index (χ2n) is 4.89. The first-order valence-electron chi connectivity index (χ1n) is 6.30. The van der Waals surface area contributed by atoms with E-state index >= 15 is 0 Å². The van der Waals surface area contributed by atoms with Gasteiger partial charge in [-0.3, -0.25) is 9.69 Å². The van der Waals surface area contributed by atoms with Gasteiger partial charge in [0.15, 0.2) is 0 Å². The van der Waals surface area contributed by atoms with Crippen molar-refractivity contribution >= 4 is 21.9 Å². The first kappa shape index (κ1) is 13.6. The van der Waals surface area contributed by atoms with Crippen LogP contribution in [0.2, 0.25) is 0 Å². The minimum atomic E-state index is -0.667. The van der Waals surface area contributed by atoms with Crippen LogP contribution in [0.1, 0.15) is 25.3 Å². The number of aliphatic carboxylic acids is 1. The summed E-state index contributed by atoms with van der Waals surface area (Å²) in [5.41, 5.74) is 1.22. The Labute approximate surface area is 116 Å². The highest BCUT2D eigenvalue weighted by atomic mass is 79.9. The van der Waals surface area contributed by atoms with Crippen molar-refractivity contribution in [2.75, 3.05) is 6.54 Å². The molecule has 0 radical (unpaired) electrons. The Morgan fingerprint density at radius 2 is 2.22 bits per heavy atom. The first-order chi connectivity index (χ1) is 8.59. The van der Waals surface area contributed by atoms with Gasteiger partial charge in [-0.15, -0.1) is 0 Å². The molecule has 0 unspecified atom stereocenters. The summed E-state index contributed by atoms with van der Waals surface area (Å²) in [7, 11) is 0. The SMILES string of the molecule is C[C@@H]1[C@H](C(=O)O)CCCN1Cc1ccccc1Br. The molecule has 0 aliphatic carbocycles. The fourth-order valence-corrected chi connectivity index (χ4v) is 3.02. The van der Waals surface area contributed by atoms with Crippen LogP contribution in [-0.4, -0.2) is 28.6 Å². The van der Waals surface area contributed by atoms with E-state index in [0.29, 0.717) is 0 Å². The predicted octanol–water partition coefficient (Wildman–Crippen LogP) is 3.13. The van der Waals surface area contributed by atoms with Gasteiger partial charge in [-0.2, -0.15) is 0 Å². The Morgan fingerprint density at radius 3 is 2.89 bits per heavy atom. The molecule has 1 aromatic rings. The van der Waals surface area contributed by atoms with Crippen molar-refractivity contribution in [3.63, 3.8) is 0 Å². The van der Waals surface area contributed by atoms with Crippen LogP contribution in [0.4, 0.5) is 0 Å². The third-order valence-corrected chi connectivity index (χ3v) is 4.54. The molecular weight excluding hydrogens is 294 g/mol. The van der Waals surface area contributed by atoms with E-state index in [4.69, 9.17) is 0 Å². The molecule has 98 valence electrons. The number of benzene rings is 1. The van der Waals surface area contributed by atoms with Gasteiger partial charge >= 0.3 is 5.97 Å². The predicted molar refractivity (Wildman–Crippen MR) is 74.4 cm³/mol. The van der Waals surface area contributed by atoms with E-state index in [2.05, 4.69) is 26.9 Å². The number of nitrogens with zero attached hydrogens (tertiary/aromatic N) is 1. The van der Waals surface area contributed by atoms with Crippen molar-refractivity contribution in [3.8, 4) is 0 Å². The molecule has 2 atom stereocenters. The quantitative estimate of drug-likeness (QED) is 0.932. The minimum Gasteiger partial charge on any atom is -0.481 e.